The molecule has 1 aromatic rings. The maximum Gasteiger partial charge on any atom is 0.161 e. The summed E-state index contributed by atoms with van der Waals surface area (Å²) < 4.78 is 39.8. The average Bonchev–Trinajstić information content (AvgIpc) is 2.34. The summed E-state index contributed by atoms with van der Waals surface area (Å²) in [7, 11) is 1.89. The Labute approximate surface area is 105 Å². The second-order valence-electron chi connectivity index (χ2n) is 4.77. The quantitative estimate of drug-likeness (QED) is 0.820. The summed E-state index contributed by atoms with van der Waals surface area (Å²) in [4.78, 5) is 1.80. The van der Waals surface area contributed by atoms with Gasteiger partial charge in [0.05, 0.1) is 5.69 Å². The number of benzene rings is 1. The zero-order valence-electron chi connectivity index (χ0n) is 10.5. The van der Waals surface area contributed by atoms with Crippen molar-refractivity contribution in [3.05, 3.63) is 29.6 Å². The molecule has 1 saturated heterocycles. The van der Waals surface area contributed by atoms with E-state index >= 15 is 0 Å². The summed E-state index contributed by atoms with van der Waals surface area (Å²) in [6, 6.07) is 2.04. The van der Waals surface area contributed by atoms with E-state index < -0.39 is 17.5 Å². The van der Waals surface area contributed by atoms with E-state index in [0.29, 0.717) is 18.7 Å². The fraction of sp³-hybridized carbons (Fsp3) is 0.538. The molecular formula is C13H17F3N2. The van der Waals surface area contributed by atoms with E-state index in [1.54, 1.807) is 4.90 Å². The summed E-state index contributed by atoms with van der Waals surface area (Å²) in [5.41, 5.74) is 0.149. The minimum Gasteiger partial charge on any atom is -0.366 e. The molecule has 100 valence electrons. The lowest BCUT2D eigenvalue weighted by molar-refractivity contribution is 0.382. The number of halogens is 3. The second kappa shape index (κ2) is 5.18. The van der Waals surface area contributed by atoms with Gasteiger partial charge in [-0.05, 0) is 26.8 Å². The Morgan fingerprint density at radius 1 is 1.17 bits per heavy atom. The molecule has 0 amide bonds. The van der Waals surface area contributed by atoms with Crippen LogP contribution in [-0.2, 0) is 0 Å². The van der Waals surface area contributed by atoms with Crippen LogP contribution < -0.4 is 10.2 Å². The summed E-state index contributed by atoms with van der Waals surface area (Å²) in [5.74, 6) is -2.85. The van der Waals surface area contributed by atoms with Crippen molar-refractivity contribution in [1.82, 2.24) is 5.32 Å². The van der Waals surface area contributed by atoms with Crippen LogP contribution in [0.25, 0.3) is 0 Å². The largest absolute Gasteiger partial charge is 0.366 e. The topological polar surface area (TPSA) is 15.3 Å². The monoisotopic (exact) mass is 258 g/mol. The number of rotatable bonds is 2. The third-order valence-electron chi connectivity index (χ3n) is 3.58. The van der Waals surface area contributed by atoms with Gasteiger partial charge in [0.2, 0.25) is 0 Å². The van der Waals surface area contributed by atoms with E-state index in [-0.39, 0.29) is 11.7 Å². The van der Waals surface area contributed by atoms with E-state index in [0.717, 1.165) is 18.9 Å². The van der Waals surface area contributed by atoms with E-state index in [9.17, 15) is 13.2 Å². The molecule has 1 fully saturated rings. The fourth-order valence-electron chi connectivity index (χ4n) is 2.52. The van der Waals surface area contributed by atoms with Gasteiger partial charge < -0.3 is 10.2 Å². The van der Waals surface area contributed by atoms with Crippen LogP contribution in [0, 0.1) is 17.5 Å². The molecular weight excluding hydrogens is 241 g/mol. The zero-order valence-corrected chi connectivity index (χ0v) is 10.5. The van der Waals surface area contributed by atoms with E-state index in [1.807, 2.05) is 14.0 Å². The van der Waals surface area contributed by atoms with Crippen molar-refractivity contribution >= 4 is 5.69 Å². The number of hydrogen-bond acceptors (Lipinski definition) is 2. The van der Waals surface area contributed by atoms with Gasteiger partial charge in [-0.25, -0.2) is 13.2 Å². The Morgan fingerprint density at radius 2 is 1.83 bits per heavy atom. The Bertz CT molecular complexity index is 436. The summed E-state index contributed by atoms with van der Waals surface area (Å²) >= 11 is 0. The van der Waals surface area contributed by atoms with Crippen LogP contribution in [0.3, 0.4) is 0 Å². The minimum absolute atomic E-state index is 0.0931. The standard InChI is InChI=1S/C13H17F3N2/c1-8-5-9(17-2)3-4-18(8)13-7-11(15)10(14)6-12(13)16/h6-9,17H,3-5H2,1-2H3. The van der Waals surface area contributed by atoms with Gasteiger partial charge in [-0.1, -0.05) is 0 Å². The lowest BCUT2D eigenvalue weighted by Crippen LogP contribution is -2.47. The molecule has 0 saturated carbocycles. The van der Waals surface area contributed by atoms with Crippen LogP contribution in [0.15, 0.2) is 12.1 Å². The smallest absolute Gasteiger partial charge is 0.161 e. The molecule has 2 unspecified atom stereocenters. The van der Waals surface area contributed by atoms with Crippen molar-refractivity contribution < 1.29 is 13.2 Å². The Morgan fingerprint density at radius 3 is 2.44 bits per heavy atom. The average molecular weight is 258 g/mol. The third-order valence-corrected chi connectivity index (χ3v) is 3.58. The Kier molecular flexibility index (Phi) is 3.80. The predicted octanol–water partition coefficient (Wildman–Crippen LogP) is 2.68. The minimum atomic E-state index is -1.14. The van der Waals surface area contributed by atoms with Gasteiger partial charge in [-0.15, -0.1) is 0 Å². The SMILES string of the molecule is CNC1CCN(c2cc(F)c(F)cc2F)C(C)C1. The van der Waals surface area contributed by atoms with E-state index in [4.69, 9.17) is 0 Å². The van der Waals surface area contributed by atoms with Crippen LogP contribution in [0.5, 0.6) is 0 Å². The molecule has 1 heterocycles. The molecule has 1 aliphatic heterocycles. The normalized spacial score (nSPS) is 24.4. The highest BCUT2D eigenvalue weighted by Gasteiger charge is 2.27. The van der Waals surface area contributed by atoms with Crippen molar-refractivity contribution in [3.63, 3.8) is 0 Å². The second-order valence-corrected chi connectivity index (χ2v) is 4.77. The Balaban J connectivity index is 2.24. The third kappa shape index (κ3) is 2.46. The van der Waals surface area contributed by atoms with Gasteiger partial charge in [-0.2, -0.15) is 0 Å². The van der Waals surface area contributed by atoms with E-state index in [2.05, 4.69) is 5.32 Å². The molecule has 2 atom stereocenters. The van der Waals surface area contributed by atoms with Gasteiger partial charge in [0.15, 0.2) is 11.6 Å². The van der Waals surface area contributed by atoms with Crippen molar-refractivity contribution in [2.24, 2.45) is 0 Å². The van der Waals surface area contributed by atoms with Crippen LogP contribution in [0.1, 0.15) is 19.8 Å². The van der Waals surface area contributed by atoms with Crippen LogP contribution in [0.4, 0.5) is 18.9 Å². The summed E-state index contributed by atoms with van der Waals surface area (Å²) in [6.45, 7) is 2.60. The van der Waals surface area contributed by atoms with Gasteiger partial charge >= 0.3 is 0 Å². The summed E-state index contributed by atoms with van der Waals surface area (Å²) in [6.07, 6.45) is 1.72. The van der Waals surface area contributed by atoms with Crippen molar-refractivity contribution in [2.45, 2.75) is 31.8 Å². The lowest BCUT2D eigenvalue weighted by Gasteiger charge is -2.39. The number of nitrogens with zero attached hydrogens (tertiary/aromatic N) is 1. The van der Waals surface area contributed by atoms with Crippen LogP contribution in [0.2, 0.25) is 0 Å². The van der Waals surface area contributed by atoms with Gasteiger partial charge in [0.25, 0.3) is 0 Å². The summed E-state index contributed by atoms with van der Waals surface area (Å²) in [5, 5.41) is 3.19. The molecule has 0 spiro atoms. The molecule has 2 nitrogen and oxygen atoms in total. The molecule has 2 rings (SSSR count). The highest BCUT2D eigenvalue weighted by atomic mass is 19.2. The molecule has 0 aromatic heterocycles. The van der Waals surface area contributed by atoms with Crippen molar-refractivity contribution in [3.8, 4) is 0 Å². The lowest BCUT2D eigenvalue weighted by atomic mass is 9.97. The highest BCUT2D eigenvalue weighted by Crippen LogP contribution is 2.28. The Hall–Kier alpha value is -1.23. The van der Waals surface area contributed by atoms with Crippen LogP contribution >= 0.6 is 0 Å². The van der Waals surface area contributed by atoms with Crippen molar-refractivity contribution in [2.75, 3.05) is 18.5 Å². The molecule has 0 bridgehead atoms. The zero-order chi connectivity index (χ0) is 13.3. The first kappa shape index (κ1) is 13.2. The van der Waals surface area contributed by atoms with Gasteiger partial charge in [-0.3, -0.25) is 0 Å². The molecule has 18 heavy (non-hydrogen) atoms. The van der Waals surface area contributed by atoms with E-state index in [1.165, 1.54) is 0 Å². The fourth-order valence-corrected chi connectivity index (χ4v) is 2.52. The van der Waals surface area contributed by atoms with Gasteiger partial charge in [0, 0.05) is 30.8 Å². The first-order valence-electron chi connectivity index (χ1n) is 6.11. The maximum atomic E-state index is 13.7. The number of hydrogen-bond donors (Lipinski definition) is 1. The molecule has 5 heteroatoms. The number of anilines is 1. The maximum absolute atomic E-state index is 13.7. The molecule has 0 aliphatic carbocycles. The molecule has 1 aliphatic rings. The first-order valence-corrected chi connectivity index (χ1v) is 6.11. The molecule has 0 radical (unpaired) electrons. The van der Waals surface area contributed by atoms with Gasteiger partial charge in [0.1, 0.15) is 5.82 Å². The number of piperidine rings is 1. The molecule has 1 aromatic carbocycles. The first-order chi connectivity index (χ1) is 8.52. The highest BCUT2D eigenvalue weighted by molar-refractivity contribution is 5.49. The molecule has 1 N–H and O–H groups in total. The number of nitrogens with one attached hydrogen (secondary N) is 1. The predicted molar refractivity (Wildman–Crippen MR) is 65.2 cm³/mol. The van der Waals surface area contributed by atoms with Crippen molar-refractivity contribution in [1.29, 1.82) is 0 Å². The van der Waals surface area contributed by atoms with Crippen LogP contribution in [-0.4, -0.2) is 25.7 Å².